The first kappa shape index (κ1) is 14.8. The lowest BCUT2D eigenvalue weighted by Crippen LogP contribution is -2.30. The molecule has 0 radical (unpaired) electrons. The van der Waals surface area contributed by atoms with Crippen molar-refractivity contribution in [2.45, 2.75) is 45.9 Å². The zero-order chi connectivity index (χ0) is 11.8. The van der Waals surface area contributed by atoms with E-state index in [9.17, 15) is 5.11 Å². The average molecular weight is 224 g/mol. The molecule has 4 atom stereocenters. The number of aliphatic hydroxyl groups is 2. The summed E-state index contributed by atoms with van der Waals surface area (Å²) < 4.78 is 19.7. The highest BCUT2D eigenvalue weighted by Crippen LogP contribution is 2.05. The van der Waals surface area contributed by atoms with Crippen molar-refractivity contribution in [1.82, 2.24) is 0 Å². The standard InChI is InChI=1S/C9H20O6/c1-6(10)13-7(2)14-8(3)15-9(11)5-12-4/h6-11H,5H2,1-4H3. The fourth-order valence-corrected chi connectivity index (χ4v) is 1.01. The van der Waals surface area contributed by atoms with E-state index in [1.165, 1.54) is 14.0 Å². The molecule has 0 bridgehead atoms. The molecule has 6 nitrogen and oxygen atoms in total. The van der Waals surface area contributed by atoms with E-state index in [0.717, 1.165) is 0 Å². The molecule has 0 rings (SSSR count). The Bertz CT molecular complexity index is 152. The molecule has 0 aromatic carbocycles. The van der Waals surface area contributed by atoms with Crippen molar-refractivity contribution < 1.29 is 29.2 Å². The van der Waals surface area contributed by atoms with Crippen LogP contribution in [0.2, 0.25) is 0 Å². The summed E-state index contributed by atoms with van der Waals surface area (Å²) in [6, 6.07) is 0. The molecule has 0 saturated heterocycles. The van der Waals surface area contributed by atoms with Gasteiger partial charge < -0.3 is 29.2 Å². The van der Waals surface area contributed by atoms with Gasteiger partial charge in [0, 0.05) is 7.11 Å². The van der Waals surface area contributed by atoms with Crippen LogP contribution in [0.1, 0.15) is 20.8 Å². The van der Waals surface area contributed by atoms with E-state index in [1.54, 1.807) is 13.8 Å². The first-order valence-corrected chi connectivity index (χ1v) is 4.77. The monoisotopic (exact) mass is 224 g/mol. The number of aliphatic hydroxyl groups excluding tert-OH is 2. The average Bonchev–Trinajstić information content (AvgIpc) is 2.00. The van der Waals surface area contributed by atoms with Crippen LogP contribution < -0.4 is 0 Å². The Balaban J connectivity index is 3.67. The molecule has 0 saturated carbocycles. The van der Waals surface area contributed by atoms with Gasteiger partial charge in [-0.15, -0.1) is 0 Å². The third-order valence-electron chi connectivity index (χ3n) is 1.43. The van der Waals surface area contributed by atoms with E-state index in [1.807, 2.05) is 0 Å². The summed E-state index contributed by atoms with van der Waals surface area (Å²) in [7, 11) is 1.46. The molecule has 2 N–H and O–H groups in total. The normalized spacial score (nSPS) is 19.6. The van der Waals surface area contributed by atoms with E-state index < -0.39 is 25.2 Å². The predicted molar refractivity (Wildman–Crippen MR) is 51.7 cm³/mol. The van der Waals surface area contributed by atoms with Crippen LogP contribution in [0.15, 0.2) is 0 Å². The van der Waals surface area contributed by atoms with Crippen molar-refractivity contribution in [1.29, 1.82) is 0 Å². The van der Waals surface area contributed by atoms with Crippen molar-refractivity contribution in [2.75, 3.05) is 13.7 Å². The van der Waals surface area contributed by atoms with Crippen molar-refractivity contribution in [3.8, 4) is 0 Å². The summed E-state index contributed by atoms with van der Waals surface area (Å²) in [6.45, 7) is 4.78. The number of methoxy groups -OCH3 is 1. The lowest BCUT2D eigenvalue weighted by atomic mass is 10.6. The predicted octanol–water partition coefficient (Wildman–Crippen LogP) is 0.0313. The van der Waals surface area contributed by atoms with E-state index in [0.29, 0.717) is 0 Å². The molecule has 6 heteroatoms. The summed E-state index contributed by atoms with van der Waals surface area (Å²) in [5.41, 5.74) is 0. The zero-order valence-electron chi connectivity index (χ0n) is 9.54. The smallest absolute Gasteiger partial charge is 0.181 e. The first-order chi connectivity index (χ1) is 6.95. The van der Waals surface area contributed by atoms with Crippen LogP contribution in [0.4, 0.5) is 0 Å². The minimum atomic E-state index is -1.04. The van der Waals surface area contributed by atoms with Gasteiger partial charge in [0.2, 0.25) is 0 Å². The highest BCUT2D eigenvalue weighted by atomic mass is 16.8. The van der Waals surface area contributed by atoms with E-state index >= 15 is 0 Å². The van der Waals surface area contributed by atoms with Gasteiger partial charge in [-0.3, -0.25) is 0 Å². The van der Waals surface area contributed by atoms with Crippen LogP contribution in [0.25, 0.3) is 0 Å². The van der Waals surface area contributed by atoms with Gasteiger partial charge in [0.1, 0.15) is 0 Å². The van der Waals surface area contributed by atoms with Gasteiger partial charge in [0.25, 0.3) is 0 Å². The summed E-state index contributed by atoms with van der Waals surface area (Å²) in [5, 5.41) is 18.1. The molecule has 0 aliphatic heterocycles. The lowest BCUT2D eigenvalue weighted by Gasteiger charge is -2.22. The number of ether oxygens (including phenoxy) is 4. The van der Waals surface area contributed by atoms with Gasteiger partial charge in [-0.2, -0.15) is 0 Å². The van der Waals surface area contributed by atoms with E-state index in [-0.39, 0.29) is 6.61 Å². The molecule has 0 amide bonds. The van der Waals surface area contributed by atoms with Crippen LogP contribution in [0, 0.1) is 0 Å². The van der Waals surface area contributed by atoms with E-state index in [2.05, 4.69) is 4.74 Å². The molecule has 0 aromatic heterocycles. The molecular formula is C9H20O6. The van der Waals surface area contributed by atoms with Crippen LogP contribution in [0.3, 0.4) is 0 Å². The van der Waals surface area contributed by atoms with Gasteiger partial charge in [0.05, 0.1) is 6.61 Å². The maximum atomic E-state index is 9.20. The van der Waals surface area contributed by atoms with Gasteiger partial charge in [-0.05, 0) is 20.8 Å². The largest absolute Gasteiger partial charge is 0.379 e. The summed E-state index contributed by atoms with van der Waals surface area (Å²) in [6.07, 6.45) is -3.21. The third-order valence-corrected chi connectivity index (χ3v) is 1.43. The van der Waals surface area contributed by atoms with Crippen molar-refractivity contribution in [3.05, 3.63) is 0 Å². The fraction of sp³-hybridized carbons (Fsp3) is 1.00. The Morgan fingerprint density at radius 1 is 0.933 bits per heavy atom. The molecule has 15 heavy (non-hydrogen) atoms. The maximum Gasteiger partial charge on any atom is 0.181 e. The Morgan fingerprint density at radius 3 is 1.93 bits per heavy atom. The molecule has 0 aromatic rings. The number of hydrogen-bond acceptors (Lipinski definition) is 6. The molecular weight excluding hydrogens is 204 g/mol. The second kappa shape index (κ2) is 7.98. The van der Waals surface area contributed by atoms with Crippen molar-refractivity contribution >= 4 is 0 Å². The highest BCUT2D eigenvalue weighted by Gasteiger charge is 2.14. The van der Waals surface area contributed by atoms with Crippen molar-refractivity contribution in [2.24, 2.45) is 0 Å². The summed E-state index contributed by atoms with van der Waals surface area (Å²) in [4.78, 5) is 0. The second-order valence-electron chi connectivity index (χ2n) is 3.05. The molecule has 0 aliphatic carbocycles. The minimum Gasteiger partial charge on any atom is -0.379 e. The summed E-state index contributed by atoms with van der Waals surface area (Å²) in [5.74, 6) is 0. The molecule has 0 spiro atoms. The Kier molecular flexibility index (Phi) is 7.85. The lowest BCUT2D eigenvalue weighted by molar-refractivity contribution is -0.301. The Hall–Kier alpha value is -0.240. The topological polar surface area (TPSA) is 77.4 Å². The molecule has 0 heterocycles. The van der Waals surface area contributed by atoms with Gasteiger partial charge in [-0.1, -0.05) is 0 Å². The van der Waals surface area contributed by atoms with Crippen LogP contribution in [-0.4, -0.2) is 49.1 Å². The first-order valence-electron chi connectivity index (χ1n) is 4.77. The number of hydrogen-bond donors (Lipinski definition) is 2. The highest BCUT2D eigenvalue weighted by molar-refractivity contribution is 4.41. The fourth-order valence-electron chi connectivity index (χ4n) is 1.01. The Labute approximate surface area is 89.7 Å². The molecule has 4 unspecified atom stereocenters. The molecule has 92 valence electrons. The van der Waals surface area contributed by atoms with Crippen LogP contribution in [-0.2, 0) is 18.9 Å². The third kappa shape index (κ3) is 8.73. The van der Waals surface area contributed by atoms with Crippen molar-refractivity contribution in [3.63, 3.8) is 0 Å². The van der Waals surface area contributed by atoms with E-state index in [4.69, 9.17) is 19.3 Å². The molecule has 0 fully saturated rings. The van der Waals surface area contributed by atoms with Gasteiger partial charge in [-0.25, -0.2) is 0 Å². The molecule has 0 aliphatic rings. The SMILES string of the molecule is COCC(O)OC(C)OC(C)OC(C)O. The second-order valence-corrected chi connectivity index (χ2v) is 3.05. The number of rotatable bonds is 8. The maximum absolute atomic E-state index is 9.20. The van der Waals surface area contributed by atoms with Gasteiger partial charge in [0.15, 0.2) is 25.2 Å². The van der Waals surface area contributed by atoms with Crippen LogP contribution in [0.5, 0.6) is 0 Å². The zero-order valence-corrected chi connectivity index (χ0v) is 9.54. The quantitative estimate of drug-likeness (QED) is 0.566. The van der Waals surface area contributed by atoms with Gasteiger partial charge >= 0.3 is 0 Å². The van der Waals surface area contributed by atoms with Crippen LogP contribution >= 0.6 is 0 Å². The Morgan fingerprint density at radius 2 is 1.47 bits per heavy atom. The minimum absolute atomic E-state index is 0.0688. The summed E-state index contributed by atoms with van der Waals surface area (Å²) >= 11 is 0.